The molecule has 1 fully saturated rings. The van der Waals surface area contributed by atoms with Crippen molar-refractivity contribution in [3.63, 3.8) is 0 Å². The first kappa shape index (κ1) is 11.2. The van der Waals surface area contributed by atoms with Gasteiger partial charge in [0.15, 0.2) is 0 Å². The van der Waals surface area contributed by atoms with Crippen LogP contribution in [0, 0.1) is 5.82 Å². The molecule has 0 aromatic heterocycles. The van der Waals surface area contributed by atoms with Gasteiger partial charge in [0.2, 0.25) is 0 Å². The van der Waals surface area contributed by atoms with Gasteiger partial charge in [0.05, 0.1) is 0 Å². The molecule has 1 aromatic carbocycles. The molecule has 1 nitrogen and oxygen atoms in total. The highest BCUT2D eigenvalue weighted by molar-refractivity contribution is 5.85. The molecule has 2 rings (SSSR count). The maximum atomic E-state index is 12.6. The molecular weight excluding hydrogens is 201 g/mol. The summed E-state index contributed by atoms with van der Waals surface area (Å²) in [5, 5.41) is 3.26. The van der Waals surface area contributed by atoms with E-state index in [1.165, 1.54) is 17.7 Å². The van der Waals surface area contributed by atoms with Crippen molar-refractivity contribution in [1.82, 2.24) is 5.32 Å². The average Bonchev–Trinajstić information content (AvgIpc) is 2.62. The van der Waals surface area contributed by atoms with Crippen LogP contribution in [0.4, 0.5) is 4.39 Å². The lowest BCUT2D eigenvalue weighted by molar-refractivity contribution is 0.628. The summed E-state index contributed by atoms with van der Waals surface area (Å²) in [4.78, 5) is 0. The molecule has 1 aromatic rings. The first-order valence-corrected chi connectivity index (χ1v) is 4.50. The topological polar surface area (TPSA) is 12.0 Å². The molecule has 1 N–H and O–H groups in total. The standard InChI is InChI=1S/C11H12FN.ClH/c12-11-3-1-9(2-4-11)7-10-5-6-13-8-10;/h1-4,7,13H,5-6,8H2;1H/b10-7-;. The van der Waals surface area contributed by atoms with Gasteiger partial charge in [-0.15, -0.1) is 12.4 Å². The predicted octanol–water partition coefficient (Wildman–Crippen LogP) is 2.62. The lowest BCUT2D eigenvalue weighted by Gasteiger charge is -1.96. The Hall–Kier alpha value is -0.860. The van der Waals surface area contributed by atoms with Crippen LogP contribution in [0.1, 0.15) is 12.0 Å². The van der Waals surface area contributed by atoms with Gasteiger partial charge in [0.1, 0.15) is 5.82 Å². The maximum absolute atomic E-state index is 12.6. The third-order valence-electron chi connectivity index (χ3n) is 2.22. The van der Waals surface area contributed by atoms with Crippen LogP contribution in [0.15, 0.2) is 29.8 Å². The quantitative estimate of drug-likeness (QED) is 0.756. The van der Waals surface area contributed by atoms with Crippen LogP contribution in [0.5, 0.6) is 0 Å². The van der Waals surface area contributed by atoms with E-state index in [2.05, 4.69) is 11.4 Å². The van der Waals surface area contributed by atoms with Gasteiger partial charge in [-0.1, -0.05) is 23.8 Å². The van der Waals surface area contributed by atoms with Crippen LogP contribution < -0.4 is 5.32 Å². The van der Waals surface area contributed by atoms with Gasteiger partial charge in [0.25, 0.3) is 0 Å². The summed E-state index contributed by atoms with van der Waals surface area (Å²) in [6, 6.07) is 6.60. The Morgan fingerprint density at radius 3 is 2.50 bits per heavy atom. The molecule has 76 valence electrons. The molecule has 0 radical (unpaired) electrons. The zero-order chi connectivity index (χ0) is 9.10. The Bertz CT molecular complexity index is 311. The molecule has 1 aliphatic heterocycles. The summed E-state index contributed by atoms with van der Waals surface area (Å²) in [6.07, 6.45) is 3.23. The predicted molar refractivity (Wildman–Crippen MR) is 59.1 cm³/mol. The van der Waals surface area contributed by atoms with E-state index in [-0.39, 0.29) is 18.2 Å². The van der Waals surface area contributed by atoms with E-state index >= 15 is 0 Å². The van der Waals surface area contributed by atoms with Gasteiger partial charge < -0.3 is 5.32 Å². The van der Waals surface area contributed by atoms with E-state index in [0.717, 1.165) is 25.1 Å². The van der Waals surface area contributed by atoms with E-state index in [1.807, 2.05) is 0 Å². The second-order valence-electron chi connectivity index (χ2n) is 3.28. The molecule has 0 bridgehead atoms. The Balaban J connectivity index is 0.000000980. The minimum absolute atomic E-state index is 0. The van der Waals surface area contributed by atoms with Crippen LogP contribution in [0.2, 0.25) is 0 Å². The molecule has 3 heteroatoms. The largest absolute Gasteiger partial charge is 0.313 e. The molecule has 1 heterocycles. The Morgan fingerprint density at radius 2 is 1.93 bits per heavy atom. The van der Waals surface area contributed by atoms with Crippen molar-refractivity contribution in [3.8, 4) is 0 Å². The third-order valence-corrected chi connectivity index (χ3v) is 2.22. The normalized spacial score (nSPS) is 18.2. The van der Waals surface area contributed by atoms with E-state index in [1.54, 1.807) is 12.1 Å². The Labute approximate surface area is 89.4 Å². The summed E-state index contributed by atoms with van der Waals surface area (Å²) in [7, 11) is 0. The SMILES string of the molecule is Cl.Fc1ccc(/C=C2/CCNC2)cc1. The lowest BCUT2D eigenvalue weighted by atomic mass is 10.1. The van der Waals surface area contributed by atoms with Crippen LogP contribution in [-0.4, -0.2) is 13.1 Å². The highest BCUT2D eigenvalue weighted by atomic mass is 35.5. The fraction of sp³-hybridized carbons (Fsp3) is 0.273. The van der Waals surface area contributed by atoms with Gasteiger partial charge in [-0.25, -0.2) is 4.39 Å². The first-order chi connectivity index (χ1) is 6.34. The molecule has 0 unspecified atom stereocenters. The Kier molecular flexibility index (Phi) is 4.11. The molecule has 0 amide bonds. The molecule has 0 saturated carbocycles. The van der Waals surface area contributed by atoms with Crippen molar-refractivity contribution in [3.05, 3.63) is 41.2 Å². The van der Waals surface area contributed by atoms with Gasteiger partial charge in [-0.05, 0) is 30.7 Å². The number of benzene rings is 1. The molecule has 0 spiro atoms. The summed E-state index contributed by atoms with van der Waals surface area (Å²) < 4.78 is 12.6. The highest BCUT2D eigenvalue weighted by Gasteiger charge is 2.04. The number of nitrogens with one attached hydrogen (secondary N) is 1. The molecule has 1 aliphatic rings. The minimum Gasteiger partial charge on any atom is -0.313 e. The molecular formula is C11H13ClFN. The number of rotatable bonds is 1. The van der Waals surface area contributed by atoms with Crippen molar-refractivity contribution in [1.29, 1.82) is 0 Å². The molecule has 1 saturated heterocycles. The molecule has 0 atom stereocenters. The van der Waals surface area contributed by atoms with Gasteiger partial charge >= 0.3 is 0 Å². The average molecular weight is 214 g/mol. The van der Waals surface area contributed by atoms with Gasteiger partial charge in [0, 0.05) is 6.54 Å². The number of hydrogen-bond donors (Lipinski definition) is 1. The van der Waals surface area contributed by atoms with E-state index < -0.39 is 0 Å². The number of hydrogen-bond acceptors (Lipinski definition) is 1. The minimum atomic E-state index is -0.174. The summed E-state index contributed by atoms with van der Waals surface area (Å²) in [6.45, 7) is 2.03. The van der Waals surface area contributed by atoms with Crippen molar-refractivity contribution in [2.45, 2.75) is 6.42 Å². The van der Waals surface area contributed by atoms with Crippen LogP contribution in [-0.2, 0) is 0 Å². The summed E-state index contributed by atoms with van der Waals surface area (Å²) in [5.41, 5.74) is 2.48. The van der Waals surface area contributed by atoms with Crippen LogP contribution >= 0.6 is 12.4 Å². The third kappa shape index (κ3) is 2.82. The smallest absolute Gasteiger partial charge is 0.123 e. The molecule has 0 aliphatic carbocycles. The van der Waals surface area contributed by atoms with Gasteiger partial charge in [-0.2, -0.15) is 0 Å². The Morgan fingerprint density at radius 1 is 1.21 bits per heavy atom. The van der Waals surface area contributed by atoms with Crippen molar-refractivity contribution < 1.29 is 4.39 Å². The zero-order valence-electron chi connectivity index (χ0n) is 7.79. The van der Waals surface area contributed by atoms with Crippen molar-refractivity contribution >= 4 is 18.5 Å². The van der Waals surface area contributed by atoms with Crippen LogP contribution in [0.25, 0.3) is 6.08 Å². The number of halogens is 2. The van der Waals surface area contributed by atoms with Gasteiger partial charge in [-0.3, -0.25) is 0 Å². The highest BCUT2D eigenvalue weighted by Crippen LogP contribution is 2.12. The monoisotopic (exact) mass is 213 g/mol. The zero-order valence-corrected chi connectivity index (χ0v) is 8.61. The van der Waals surface area contributed by atoms with Crippen LogP contribution in [0.3, 0.4) is 0 Å². The summed E-state index contributed by atoms with van der Waals surface area (Å²) in [5.74, 6) is -0.174. The fourth-order valence-corrected chi connectivity index (χ4v) is 1.50. The van der Waals surface area contributed by atoms with E-state index in [4.69, 9.17) is 0 Å². The summed E-state index contributed by atoms with van der Waals surface area (Å²) >= 11 is 0. The first-order valence-electron chi connectivity index (χ1n) is 4.50. The van der Waals surface area contributed by atoms with Crippen molar-refractivity contribution in [2.24, 2.45) is 0 Å². The van der Waals surface area contributed by atoms with E-state index in [9.17, 15) is 4.39 Å². The van der Waals surface area contributed by atoms with Crippen molar-refractivity contribution in [2.75, 3.05) is 13.1 Å². The maximum Gasteiger partial charge on any atom is 0.123 e. The fourth-order valence-electron chi connectivity index (χ4n) is 1.50. The van der Waals surface area contributed by atoms with E-state index in [0.29, 0.717) is 0 Å². The lowest BCUT2D eigenvalue weighted by Crippen LogP contribution is -2.04. The second kappa shape index (κ2) is 5.13. The molecule has 14 heavy (non-hydrogen) atoms. The second-order valence-corrected chi connectivity index (χ2v) is 3.28.